The van der Waals surface area contributed by atoms with Crippen LogP contribution in [0.2, 0.25) is 0 Å². The number of rotatable bonds is 5. The summed E-state index contributed by atoms with van der Waals surface area (Å²) in [5, 5.41) is 11.3. The van der Waals surface area contributed by atoms with Gasteiger partial charge < -0.3 is 19.9 Å². The van der Waals surface area contributed by atoms with Crippen LogP contribution >= 0.6 is 15.9 Å². The number of halogens is 3. The molecule has 0 fully saturated rings. The minimum atomic E-state index is -1.75. The number of carboxylic acid groups (broad SMARTS) is 1. The first kappa shape index (κ1) is 20.1. The molecular formula is C15H18BrF2NO5. The van der Waals surface area contributed by atoms with Gasteiger partial charge in [0, 0.05) is 0 Å². The number of hydrogen-bond acceptors (Lipinski definition) is 4. The molecule has 1 aromatic rings. The van der Waals surface area contributed by atoms with Crippen LogP contribution in [0.3, 0.4) is 0 Å². The Morgan fingerprint density at radius 3 is 2.46 bits per heavy atom. The van der Waals surface area contributed by atoms with E-state index in [0.29, 0.717) is 0 Å². The summed E-state index contributed by atoms with van der Waals surface area (Å²) in [5.41, 5.74) is -1.78. The van der Waals surface area contributed by atoms with E-state index in [2.05, 4.69) is 21.2 Å². The second-order valence-electron chi connectivity index (χ2n) is 6.02. The number of ether oxygens (including phenoxy) is 2. The monoisotopic (exact) mass is 409 g/mol. The highest BCUT2D eigenvalue weighted by Crippen LogP contribution is 2.32. The molecule has 0 bridgehead atoms. The highest BCUT2D eigenvalue weighted by molar-refractivity contribution is 9.10. The number of hydrogen-bond donors (Lipinski definition) is 2. The molecule has 1 amide bonds. The molecule has 24 heavy (non-hydrogen) atoms. The molecule has 1 atom stereocenters. The Morgan fingerprint density at radius 1 is 1.38 bits per heavy atom. The molecule has 0 radical (unpaired) electrons. The minimum absolute atomic E-state index is 0.0769. The molecule has 0 aliphatic heterocycles. The third-order valence-corrected chi connectivity index (χ3v) is 3.17. The number of amides is 1. The molecule has 6 nitrogen and oxygen atoms in total. The SMILES string of the molecule is CC(COc1c(Br)cc(F)c(C(=O)O)c1F)NC(=O)OC(C)(C)C. The first-order valence-corrected chi connectivity index (χ1v) is 7.74. The van der Waals surface area contributed by atoms with Gasteiger partial charge in [0.1, 0.15) is 23.6 Å². The summed E-state index contributed by atoms with van der Waals surface area (Å²) in [6.45, 7) is 6.50. The highest BCUT2D eigenvalue weighted by Gasteiger charge is 2.24. The van der Waals surface area contributed by atoms with Gasteiger partial charge in [-0.15, -0.1) is 0 Å². The molecule has 0 aliphatic carbocycles. The maximum absolute atomic E-state index is 14.1. The van der Waals surface area contributed by atoms with Gasteiger partial charge in [-0.1, -0.05) is 0 Å². The Morgan fingerprint density at radius 2 is 1.96 bits per heavy atom. The Bertz CT molecular complexity index is 646. The van der Waals surface area contributed by atoms with E-state index >= 15 is 0 Å². The van der Waals surface area contributed by atoms with E-state index in [4.69, 9.17) is 14.6 Å². The summed E-state index contributed by atoms with van der Waals surface area (Å²) < 4.78 is 37.7. The van der Waals surface area contributed by atoms with Gasteiger partial charge in [0.25, 0.3) is 0 Å². The lowest BCUT2D eigenvalue weighted by Crippen LogP contribution is -2.40. The molecular weight excluding hydrogens is 392 g/mol. The minimum Gasteiger partial charge on any atom is -0.487 e. The molecule has 134 valence electrons. The van der Waals surface area contributed by atoms with Crippen molar-refractivity contribution in [3.8, 4) is 5.75 Å². The molecule has 9 heteroatoms. The van der Waals surface area contributed by atoms with Crippen LogP contribution in [0, 0.1) is 11.6 Å². The van der Waals surface area contributed by atoms with E-state index in [1.807, 2.05) is 0 Å². The van der Waals surface area contributed by atoms with Crippen molar-refractivity contribution in [2.45, 2.75) is 39.3 Å². The largest absolute Gasteiger partial charge is 0.487 e. The van der Waals surface area contributed by atoms with Gasteiger partial charge in [0.2, 0.25) is 0 Å². The normalized spacial score (nSPS) is 12.5. The van der Waals surface area contributed by atoms with Gasteiger partial charge in [0.05, 0.1) is 10.5 Å². The zero-order chi connectivity index (χ0) is 18.7. The maximum atomic E-state index is 14.1. The third-order valence-electron chi connectivity index (χ3n) is 2.58. The van der Waals surface area contributed by atoms with Crippen molar-refractivity contribution < 1.29 is 33.0 Å². The van der Waals surface area contributed by atoms with Gasteiger partial charge in [0.15, 0.2) is 11.6 Å². The van der Waals surface area contributed by atoms with Crippen molar-refractivity contribution in [3.63, 3.8) is 0 Å². The van der Waals surface area contributed by atoms with Crippen LogP contribution in [-0.4, -0.2) is 35.4 Å². The molecule has 0 spiro atoms. The number of carbonyl (C=O) groups excluding carboxylic acids is 1. The molecule has 0 aliphatic rings. The van der Waals surface area contributed by atoms with E-state index in [-0.39, 0.29) is 11.1 Å². The molecule has 2 N–H and O–H groups in total. The topological polar surface area (TPSA) is 84.9 Å². The molecule has 1 unspecified atom stereocenters. The lowest BCUT2D eigenvalue weighted by atomic mass is 10.2. The second-order valence-corrected chi connectivity index (χ2v) is 6.88. The number of carbonyl (C=O) groups is 2. The standard InChI is InChI=1S/C15H18BrF2NO5/c1-7(19-14(22)24-15(2,3)4)6-23-12-8(16)5-9(17)10(11(12)18)13(20)21/h5,7H,6H2,1-4H3,(H,19,22)(H,20,21). The number of alkyl carbamates (subject to hydrolysis) is 1. The van der Waals surface area contributed by atoms with Crippen molar-refractivity contribution in [2.24, 2.45) is 0 Å². The van der Waals surface area contributed by atoms with Crippen LogP contribution in [0.5, 0.6) is 5.75 Å². The molecule has 0 aromatic heterocycles. The number of aromatic carboxylic acids is 1. The first-order chi connectivity index (χ1) is 10.9. The van der Waals surface area contributed by atoms with Gasteiger partial charge in [-0.2, -0.15) is 0 Å². The van der Waals surface area contributed by atoms with Crippen LogP contribution < -0.4 is 10.1 Å². The number of carboxylic acids is 1. The van der Waals surface area contributed by atoms with Crippen molar-refractivity contribution in [3.05, 3.63) is 27.7 Å². The van der Waals surface area contributed by atoms with E-state index in [1.54, 1.807) is 27.7 Å². The number of nitrogens with one attached hydrogen (secondary N) is 1. The lowest BCUT2D eigenvalue weighted by molar-refractivity contribution is 0.0493. The first-order valence-electron chi connectivity index (χ1n) is 6.95. The number of benzene rings is 1. The Balaban J connectivity index is 2.79. The smallest absolute Gasteiger partial charge is 0.407 e. The van der Waals surface area contributed by atoms with Crippen molar-refractivity contribution in [1.82, 2.24) is 5.32 Å². The van der Waals surface area contributed by atoms with E-state index in [1.165, 1.54) is 0 Å². The highest BCUT2D eigenvalue weighted by atomic mass is 79.9. The summed E-state index contributed by atoms with van der Waals surface area (Å²) in [6, 6.07) is 0.234. The summed E-state index contributed by atoms with van der Waals surface area (Å²) in [7, 11) is 0. The fraction of sp³-hybridized carbons (Fsp3) is 0.467. The van der Waals surface area contributed by atoms with Crippen LogP contribution in [0.4, 0.5) is 13.6 Å². The fourth-order valence-corrected chi connectivity index (χ4v) is 2.15. The van der Waals surface area contributed by atoms with Gasteiger partial charge in [-0.25, -0.2) is 18.4 Å². The predicted octanol–water partition coefficient (Wildman–Crippen LogP) is 3.72. The van der Waals surface area contributed by atoms with Crippen molar-refractivity contribution in [1.29, 1.82) is 0 Å². The molecule has 0 saturated carbocycles. The van der Waals surface area contributed by atoms with Crippen LogP contribution in [0.1, 0.15) is 38.1 Å². The maximum Gasteiger partial charge on any atom is 0.407 e. The van der Waals surface area contributed by atoms with Crippen molar-refractivity contribution in [2.75, 3.05) is 6.61 Å². The summed E-state index contributed by atoms with van der Waals surface area (Å²) >= 11 is 2.91. The van der Waals surface area contributed by atoms with E-state index < -0.39 is 46.7 Å². The Kier molecular flexibility index (Phi) is 6.53. The zero-order valence-electron chi connectivity index (χ0n) is 13.6. The average molecular weight is 410 g/mol. The van der Waals surface area contributed by atoms with Gasteiger partial charge in [-0.05, 0) is 49.7 Å². The molecule has 1 aromatic carbocycles. The Labute approximate surface area is 146 Å². The van der Waals surface area contributed by atoms with E-state index in [0.717, 1.165) is 6.07 Å². The molecule has 1 rings (SSSR count). The molecule has 0 heterocycles. The van der Waals surface area contributed by atoms with Crippen LogP contribution in [0.15, 0.2) is 10.5 Å². The average Bonchev–Trinajstić information content (AvgIpc) is 2.34. The summed E-state index contributed by atoms with van der Waals surface area (Å²) in [6.07, 6.45) is -0.677. The summed E-state index contributed by atoms with van der Waals surface area (Å²) in [4.78, 5) is 22.5. The van der Waals surface area contributed by atoms with Gasteiger partial charge in [-0.3, -0.25) is 0 Å². The third kappa shape index (κ3) is 5.63. The quantitative estimate of drug-likeness (QED) is 0.773. The lowest BCUT2D eigenvalue weighted by Gasteiger charge is -2.22. The van der Waals surface area contributed by atoms with Crippen molar-refractivity contribution >= 4 is 28.0 Å². The zero-order valence-corrected chi connectivity index (χ0v) is 15.2. The fourth-order valence-electron chi connectivity index (χ4n) is 1.66. The van der Waals surface area contributed by atoms with Gasteiger partial charge >= 0.3 is 12.1 Å². The predicted molar refractivity (Wildman–Crippen MR) is 85.3 cm³/mol. The Hall–Kier alpha value is -1.90. The molecule has 0 saturated heterocycles. The van der Waals surface area contributed by atoms with E-state index in [9.17, 15) is 18.4 Å². The summed E-state index contributed by atoms with van der Waals surface area (Å²) in [5.74, 6) is -4.76. The second kappa shape index (κ2) is 7.78. The van der Waals surface area contributed by atoms with Crippen LogP contribution in [0.25, 0.3) is 0 Å². The van der Waals surface area contributed by atoms with Crippen LogP contribution in [-0.2, 0) is 4.74 Å².